The number of hydrogen-bond acceptors (Lipinski definition) is 3. The predicted molar refractivity (Wildman–Crippen MR) is 69.7 cm³/mol. The molecular formula is C13H16N2S. The third-order valence-electron chi connectivity index (χ3n) is 2.64. The Morgan fingerprint density at radius 3 is 2.69 bits per heavy atom. The lowest BCUT2D eigenvalue weighted by Crippen LogP contribution is -1.96. The van der Waals surface area contributed by atoms with E-state index in [-0.39, 0.29) is 0 Å². The molecule has 0 saturated carbocycles. The van der Waals surface area contributed by atoms with Gasteiger partial charge in [0.1, 0.15) is 0 Å². The molecule has 0 aliphatic heterocycles. The van der Waals surface area contributed by atoms with Crippen molar-refractivity contribution in [3.8, 4) is 11.3 Å². The lowest BCUT2D eigenvalue weighted by molar-refractivity contribution is 1.09. The maximum atomic E-state index is 5.76. The first-order valence-corrected chi connectivity index (χ1v) is 6.17. The summed E-state index contributed by atoms with van der Waals surface area (Å²) in [5.41, 5.74) is 10.5. The molecule has 0 fully saturated rings. The molecule has 16 heavy (non-hydrogen) atoms. The van der Waals surface area contributed by atoms with Crippen LogP contribution in [-0.4, -0.2) is 4.98 Å². The van der Waals surface area contributed by atoms with E-state index in [1.807, 2.05) is 6.92 Å². The summed E-state index contributed by atoms with van der Waals surface area (Å²) in [5.74, 6) is 0. The zero-order valence-electron chi connectivity index (χ0n) is 9.87. The van der Waals surface area contributed by atoms with Gasteiger partial charge in [-0.05, 0) is 32.4 Å². The maximum absolute atomic E-state index is 5.76. The van der Waals surface area contributed by atoms with Crippen molar-refractivity contribution in [3.05, 3.63) is 39.2 Å². The quantitative estimate of drug-likeness (QED) is 0.863. The summed E-state index contributed by atoms with van der Waals surface area (Å²) in [6, 6.07) is 6.45. The summed E-state index contributed by atoms with van der Waals surface area (Å²) in [5, 5.41) is 1.08. The molecule has 0 saturated heterocycles. The summed E-state index contributed by atoms with van der Waals surface area (Å²) < 4.78 is 0. The molecule has 0 radical (unpaired) electrons. The fourth-order valence-electron chi connectivity index (χ4n) is 1.81. The minimum Gasteiger partial charge on any atom is -0.326 e. The van der Waals surface area contributed by atoms with E-state index in [0.717, 1.165) is 10.7 Å². The van der Waals surface area contributed by atoms with Crippen LogP contribution in [0.4, 0.5) is 0 Å². The second kappa shape index (κ2) is 4.36. The fraction of sp³-hybridized carbons (Fsp3) is 0.308. The Morgan fingerprint density at radius 2 is 2.00 bits per heavy atom. The van der Waals surface area contributed by atoms with Crippen LogP contribution in [0.25, 0.3) is 11.3 Å². The number of thiazole rings is 1. The monoisotopic (exact) mass is 232 g/mol. The molecule has 2 rings (SSSR count). The van der Waals surface area contributed by atoms with Crippen LogP contribution in [0.15, 0.2) is 18.2 Å². The Morgan fingerprint density at radius 1 is 1.25 bits per heavy atom. The highest BCUT2D eigenvalue weighted by Crippen LogP contribution is 2.30. The van der Waals surface area contributed by atoms with E-state index in [2.05, 4.69) is 37.0 Å². The average molecular weight is 232 g/mol. The van der Waals surface area contributed by atoms with Crippen molar-refractivity contribution in [2.24, 2.45) is 5.73 Å². The van der Waals surface area contributed by atoms with E-state index in [9.17, 15) is 0 Å². The van der Waals surface area contributed by atoms with E-state index in [4.69, 9.17) is 5.73 Å². The van der Waals surface area contributed by atoms with E-state index in [1.54, 1.807) is 11.3 Å². The normalized spacial score (nSPS) is 10.8. The number of benzene rings is 1. The highest BCUT2D eigenvalue weighted by molar-refractivity contribution is 7.12. The van der Waals surface area contributed by atoms with Crippen molar-refractivity contribution >= 4 is 11.3 Å². The smallest absolute Gasteiger partial charge is 0.0905 e. The number of hydrogen-bond donors (Lipinski definition) is 1. The number of aryl methyl sites for hydroxylation is 3. The standard InChI is InChI=1S/C13H16N2S/c1-8-4-5-9(2)11(6-8)13-12(7-14)16-10(3)15-13/h4-6H,7,14H2,1-3H3. The lowest BCUT2D eigenvalue weighted by atomic mass is 10.0. The molecule has 2 aromatic rings. The summed E-state index contributed by atoms with van der Waals surface area (Å²) in [6.45, 7) is 6.81. The Balaban J connectivity index is 2.61. The van der Waals surface area contributed by atoms with Gasteiger partial charge in [0, 0.05) is 17.0 Å². The van der Waals surface area contributed by atoms with Gasteiger partial charge in [-0.15, -0.1) is 11.3 Å². The largest absolute Gasteiger partial charge is 0.326 e. The minimum atomic E-state index is 0.564. The topological polar surface area (TPSA) is 38.9 Å². The summed E-state index contributed by atoms with van der Waals surface area (Å²) in [6.07, 6.45) is 0. The zero-order valence-corrected chi connectivity index (χ0v) is 10.7. The highest BCUT2D eigenvalue weighted by atomic mass is 32.1. The van der Waals surface area contributed by atoms with Crippen molar-refractivity contribution in [2.75, 3.05) is 0 Å². The second-order valence-electron chi connectivity index (χ2n) is 4.03. The molecule has 0 unspecified atom stereocenters. The van der Waals surface area contributed by atoms with E-state index in [1.165, 1.54) is 21.6 Å². The van der Waals surface area contributed by atoms with Gasteiger partial charge >= 0.3 is 0 Å². The first-order chi connectivity index (χ1) is 7.61. The fourth-order valence-corrected chi connectivity index (χ4v) is 2.64. The molecule has 84 valence electrons. The van der Waals surface area contributed by atoms with E-state index < -0.39 is 0 Å². The van der Waals surface area contributed by atoms with Gasteiger partial charge in [0.05, 0.1) is 10.7 Å². The highest BCUT2D eigenvalue weighted by Gasteiger charge is 2.11. The van der Waals surface area contributed by atoms with Crippen molar-refractivity contribution in [2.45, 2.75) is 27.3 Å². The molecule has 1 heterocycles. The zero-order chi connectivity index (χ0) is 11.7. The van der Waals surface area contributed by atoms with Crippen LogP contribution in [0.5, 0.6) is 0 Å². The second-order valence-corrected chi connectivity index (χ2v) is 5.31. The van der Waals surface area contributed by atoms with Crippen molar-refractivity contribution < 1.29 is 0 Å². The number of nitrogens with two attached hydrogens (primary N) is 1. The van der Waals surface area contributed by atoms with Gasteiger partial charge < -0.3 is 5.73 Å². The van der Waals surface area contributed by atoms with Gasteiger partial charge in [-0.2, -0.15) is 0 Å². The number of nitrogens with zero attached hydrogens (tertiary/aromatic N) is 1. The minimum absolute atomic E-state index is 0.564. The van der Waals surface area contributed by atoms with Crippen molar-refractivity contribution in [1.82, 2.24) is 4.98 Å². The van der Waals surface area contributed by atoms with Crippen LogP contribution in [0.2, 0.25) is 0 Å². The molecule has 0 atom stereocenters. The third kappa shape index (κ3) is 2.01. The molecule has 0 aliphatic carbocycles. The van der Waals surface area contributed by atoms with Crippen LogP contribution in [0.1, 0.15) is 21.0 Å². The summed E-state index contributed by atoms with van der Waals surface area (Å²) in [4.78, 5) is 5.76. The van der Waals surface area contributed by atoms with Gasteiger partial charge in [-0.25, -0.2) is 4.98 Å². The van der Waals surface area contributed by atoms with E-state index in [0.29, 0.717) is 6.54 Å². The van der Waals surface area contributed by atoms with Crippen LogP contribution >= 0.6 is 11.3 Å². The summed E-state index contributed by atoms with van der Waals surface area (Å²) in [7, 11) is 0. The Bertz CT molecular complexity index is 515. The number of rotatable bonds is 2. The SMILES string of the molecule is Cc1ccc(C)c(-c2nc(C)sc2CN)c1. The molecular weight excluding hydrogens is 216 g/mol. The van der Waals surface area contributed by atoms with Crippen LogP contribution < -0.4 is 5.73 Å². The predicted octanol–water partition coefficient (Wildman–Crippen LogP) is 3.19. The Kier molecular flexibility index (Phi) is 3.08. The molecule has 0 spiro atoms. The van der Waals surface area contributed by atoms with Gasteiger partial charge in [-0.1, -0.05) is 17.7 Å². The number of aromatic nitrogens is 1. The molecule has 2 nitrogen and oxygen atoms in total. The molecule has 0 aliphatic rings. The van der Waals surface area contributed by atoms with Gasteiger partial charge in [0.25, 0.3) is 0 Å². The Labute approximate surface area is 100 Å². The maximum Gasteiger partial charge on any atom is 0.0905 e. The summed E-state index contributed by atoms with van der Waals surface area (Å²) >= 11 is 1.69. The van der Waals surface area contributed by atoms with Gasteiger partial charge in [-0.3, -0.25) is 0 Å². The molecule has 1 aromatic heterocycles. The molecule has 3 heteroatoms. The lowest BCUT2D eigenvalue weighted by Gasteiger charge is -2.06. The van der Waals surface area contributed by atoms with Crippen molar-refractivity contribution in [1.29, 1.82) is 0 Å². The molecule has 0 amide bonds. The Hall–Kier alpha value is -1.19. The van der Waals surface area contributed by atoms with Crippen molar-refractivity contribution in [3.63, 3.8) is 0 Å². The van der Waals surface area contributed by atoms with Crippen LogP contribution in [0.3, 0.4) is 0 Å². The third-order valence-corrected chi connectivity index (χ3v) is 3.63. The molecule has 1 aromatic carbocycles. The van der Waals surface area contributed by atoms with Crippen LogP contribution in [-0.2, 0) is 6.54 Å². The van der Waals surface area contributed by atoms with E-state index >= 15 is 0 Å². The average Bonchev–Trinajstić information content (AvgIpc) is 2.63. The first-order valence-electron chi connectivity index (χ1n) is 5.36. The molecule has 2 N–H and O–H groups in total. The van der Waals surface area contributed by atoms with Gasteiger partial charge in [0.15, 0.2) is 0 Å². The molecule has 0 bridgehead atoms. The van der Waals surface area contributed by atoms with Crippen LogP contribution in [0, 0.1) is 20.8 Å². The van der Waals surface area contributed by atoms with Gasteiger partial charge in [0.2, 0.25) is 0 Å². The first kappa shape index (κ1) is 11.3.